The molecule has 1 saturated heterocycles. The first-order chi connectivity index (χ1) is 17.6. The summed E-state index contributed by atoms with van der Waals surface area (Å²) in [6.45, 7) is 1.48. The molecule has 0 spiro atoms. The number of hydrogen-bond donors (Lipinski definition) is 1. The van der Waals surface area contributed by atoms with Gasteiger partial charge in [-0.25, -0.2) is 26.6 Å². The van der Waals surface area contributed by atoms with E-state index in [2.05, 4.69) is 10.3 Å². The lowest BCUT2D eigenvalue weighted by Gasteiger charge is -2.35. The number of carboxylic acid groups (broad SMARTS) is 1. The number of halogens is 1. The summed E-state index contributed by atoms with van der Waals surface area (Å²) < 4.78 is 41.4. The number of piperidine rings is 1. The first-order valence-corrected chi connectivity index (χ1v) is 14.7. The van der Waals surface area contributed by atoms with Crippen molar-refractivity contribution in [2.45, 2.75) is 63.5 Å². The van der Waals surface area contributed by atoms with Crippen LogP contribution < -0.4 is 0 Å². The highest BCUT2D eigenvalue weighted by atomic mass is 32.2. The van der Waals surface area contributed by atoms with Crippen LogP contribution in [0, 0.1) is 11.7 Å². The third-order valence-electron chi connectivity index (χ3n) is 8.19. The van der Waals surface area contributed by atoms with Crippen molar-refractivity contribution < 1.29 is 27.5 Å². The average Bonchev–Trinajstić information content (AvgIpc) is 3.38. The predicted molar refractivity (Wildman–Crippen MR) is 132 cm³/mol. The summed E-state index contributed by atoms with van der Waals surface area (Å²) in [4.78, 5) is 26.4. The Morgan fingerprint density at radius 1 is 1.03 bits per heavy atom. The summed E-state index contributed by atoms with van der Waals surface area (Å²) in [5.74, 6) is -1.50. The number of amides is 1. The second-order valence-electron chi connectivity index (χ2n) is 10.4. The molecule has 1 aromatic heterocycles. The third-order valence-corrected chi connectivity index (χ3v) is 9.49. The zero-order chi connectivity index (χ0) is 26.3. The lowest BCUT2D eigenvalue weighted by atomic mass is 9.84. The number of carbonyl (C=O) groups excluding carboxylic acids is 1. The van der Waals surface area contributed by atoms with Crippen LogP contribution in [0.25, 0.3) is 0 Å². The van der Waals surface area contributed by atoms with Gasteiger partial charge in [-0.2, -0.15) is 0 Å². The van der Waals surface area contributed by atoms with Gasteiger partial charge in [0.25, 0.3) is 0 Å². The van der Waals surface area contributed by atoms with Gasteiger partial charge in [-0.05, 0) is 62.6 Å². The molecule has 5 rings (SSSR count). The van der Waals surface area contributed by atoms with Gasteiger partial charge >= 0.3 is 5.97 Å². The molecule has 12 heteroatoms. The Morgan fingerprint density at radius 2 is 1.73 bits per heavy atom. The summed E-state index contributed by atoms with van der Waals surface area (Å²) in [6, 6.07) is 2.62. The molecular formula is C25H32FN5O5S. The molecule has 1 saturated carbocycles. The minimum atomic E-state index is -3.17. The van der Waals surface area contributed by atoms with Crippen molar-refractivity contribution in [1.82, 2.24) is 24.2 Å². The number of fused-ring (bicyclic) bond motifs is 1. The minimum absolute atomic E-state index is 0.00106. The fourth-order valence-electron chi connectivity index (χ4n) is 6.01. The normalized spacial score (nSPS) is 23.6. The van der Waals surface area contributed by atoms with Crippen LogP contribution in [0.5, 0.6) is 0 Å². The van der Waals surface area contributed by atoms with E-state index in [0.29, 0.717) is 50.0 Å². The maximum atomic E-state index is 14.5. The summed E-state index contributed by atoms with van der Waals surface area (Å²) >= 11 is 0. The van der Waals surface area contributed by atoms with E-state index >= 15 is 0 Å². The van der Waals surface area contributed by atoms with Gasteiger partial charge in [-0.1, -0.05) is 5.21 Å². The van der Waals surface area contributed by atoms with Crippen molar-refractivity contribution in [2.24, 2.45) is 5.92 Å². The summed E-state index contributed by atoms with van der Waals surface area (Å²) in [7, 11) is -3.17. The zero-order valence-corrected chi connectivity index (χ0v) is 21.7. The molecule has 1 aromatic carbocycles. The van der Waals surface area contributed by atoms with Crippen LogP contribution in [0.2, 0.25) is 0 Å². The number of carboxylic acids is 1. The first kappa shape index (κ1) is 25.8. The molecule has 10 nitrogen and oxygen atoms in total. The van der Waals surface area contributed by atoms with Gasteiger partial charge in [0, 0.05) is 49.8 Å². The number of nitrogens with zero attached hydrogens (tertiary/aromatic N) is 5. The molecule has 0 radical (unpaired) electrons. The number of aromatic carboxylic acids is 1. The number of sulfonamides is 1. The fraction of sp³-hybridized carbons (Fsp3) is 0.600. The molecule has 3 heterocycles. The highest BCUT2D eigenvalue weighted by Gasteiger charge is 2.34. The van der Waals surface area contributed by atoms with E-state index in [1.165, 1.54) is 22.7 Å². The lowest BCUT2D eigenvalue weighted by Crippen LogP contribution is -2.41. The largest absolute Gasteiger partial charge is 0.478 e. The Kier molecular flexibility index (Phi) is 7.06. The second-order valence-corrected chi connectivity index (χ2v) is 12.4. The molecule has 2 aliphatic heterocycles. The maximum Gasteiger partial charge on any atom is 0.335 e. The van der Waals surface area contributed by atoms with E-state index in [-0.39, 0.29) is 35.9 Å². The van der Waals surface area contributed by atoms with Crippen LogP contribution in [0.3, 0.4) is 0 Å². The van der Waals surface area contributed by atoms with Gasteiger partial charge in [0.05, 0.1) is 23.6 Å². The van der Waals surface area contributed by atoms with Gasteiger partial charge in [-0.15, -0.1) is 5.10 Å². The molecule has 1 amide bonds. The van der Waals surface area contributed by atoms with Crippen molar-refractivity contribution in [3.8, 4) is 0 Å². The molecule has 37 heavy (non-hydrogen) atoms. The van der Waals surface area contributed by atoms with Gasteiger partial charge < -0.3 is 10.0 Å². The van der Waals surface area contributed by atoms with Crippen molar-refractivity contribution in [2.75, 3.05) is 25.9 Å². The minimum Gasteiger partial charge on any atom is -0.478 e. The third kappa shape index (κ3) is 5.26. The quantitative estimate of drug-likeness (QED) is 0.626. The van der Waals surface area contributed by atoms with E-state index in [1.807, 2.05) is 10.9 Å². The molecule has 0 unspecified atom stereocenters. The molecule has 2 aromatic rings. The SMILES string of the molecule is CS(=O)(=O)N1CCC(c2cn(C3CCC(C(=O)N4CCc5c(C(=O)O)ccc(F)c5C4)CC3)nn2)CC1. The molecular weight excluding hydrogens is 501 g/mol. The number of benzene rings is 1. The summed E-state index contributed by atoms with van der Waals surface area (Å²) in [5, 5.41) is 18.1. The van der Waals surface area contributed by atoms with Crippen LogP contribution in [-0.4, -0.2) is 75.5 Å². The molecule has 0 atom stereocenters. The predicted octanol–water partition coefficient (Wildman–Crippen LogP) is 2.57. The van der Waals surface area contributed by atoms with Crippen molar-refractivity contribution in [3.05, 3.63) is 46.5 Å². The number of rotatable bonds is 5. The van der Waals surface area contributed by atoms with Gasteiger partial charge in [0.15, 0.2) is 0 Å². The Balaban J connectivity index is 1.16. The van der Waals surface area contributed by atoms with E-state index < -0.39 is 21.8 Å². The molecule has 3 aliphatic rings. The monoisotopic (exact) mass is 533 g/mol. The Morgan fingerprint density at radius 3 is 2.38 bits per heavy atom. The van der Waals surface area contributed by atoms with Crippen molar-refractivity contribution in [1.29, 1.82) is 0 Å². The number of aromatic nitrogens is 3. The zero-order valence-electron chi connectivity index (χ0n) is 20.8. The average molecular weight is 534 g/mol. The van der Waals surface area contributed by atoms with Gasteiger partial charge in [0.1, 0.15) is 5.82 Å². The molecule has 1 aliphatic carbocycles. The standard InChI is InChI=1S/C25H32FN5O5S/c1-37(35,36)30-12-8-16(9-13-30)23-15-31(28-27-23)18-4-2-17(3-5-18)24(32)29-11-10-19-20(25(33)34)6-7-22(26)21(19)14-29/h6-7,15-18H,2-5,8-14H2,1H3,(H,33,34). The van der Waals surface area contributed by atoms with Crippen LogP contribution >= 0.6 is 0 Å². The Hall–Kier alpha value is -2.86. The molecule has 2 fully saturated rings. The van der Waals surface area contributed by atoms with Crippen LogP contribution in [0.15, 0.2) is 18.3 Å². The fourth-order valence-corrected chi connectivity index (χ4v) is 6.88. The maximum absolute atomic E-state index is 14.5. The van der Waals surface area contributed by atoms with E-state index in [1.54, 1.807) is 4.90 Å². The van der Waals surface area contributed by atoms with E-state index in [9.17, 15) is 27.5 Å². The highest BCUT2D eigenvalue weighted by molar-refractivity contribution is 7.88. The van der Waals surface area contributed by atoms with Gasteiger partial charge in [-0.3, -0.25) is 4.79 Å². The van der Waals surface area contributed by atoms with Crippen LogP contribution in [-0.2, 0) is 27.8 Å². The van der Waals surface area contributed by atoms with Gasteiger partial charge in [0.2, 0.25) is 15.9 Å². The smallest absolute Gasteiger partial charge is 0.335 e. The Labute approximate surface area is 215 Å². The lowest BCUT2D eigenvalue weighted by molar-refractivity contribution is -0.137. The number of hydrogen-bond acceptors (Lipinski definition) is 6. The highest BCUT2D eigenvalue weighted by Crippen LogP contribution is 2.35. The first-order valence-electron chi connectivity index (χ1n) is 12.8. The Bertz CT molecular complexity index is 1300. The van der Waals surface area contributed by atoms with Crippen molar-refractivity contribution >= 4 is 21.9 Å². The van der Waals surface area contributed by atoms with E-state index in [0.717, 1.165) is 31.4 Å². The topological polar surface area (TPSA) is 126 Å². The molecule has 200 valence electrons. The van der Waals surface area contributed by atoms with Crippen LogP contribution in [0.4, 0.5) is 4.39 Å². The van der Waals surface area contributed by atoms with E-state index in [4.69, 9.17) is 0 Å². The number of carbonyl (C=O) groups is 2. The summed E-state index contributed by atoms with van der Waals surface area (Å²) in [6.07, 6.45) is 7.96. The molecule has 1 N–H and O–H groups in total. The summed E-state index contributed by atoms with van der Waals surface area (Å²) in [5.41, 5.74) is 1.80. The van der Waals surface area contributed by atoms with Crippen molar-refractivity contribution in [3.63, 3.8) is 0 Å². The molecule has 0 bridgehead atoms. The second kappa shape index (κ2) is 10.1. The van der Waals surface area contributed by atoms with Crippen LogP contribution in [0.1, 0.15) is 77.7 Å².